The third kappa shape index (κ3) is 5.98. The number of nitrogens with one attached hydrogen (secondary N) is 2. The molecule has 6 nitrogen and oxygen atoms in total. The van der Waals surface area contributed by atoms with E-state index in [0.717, 1.165) is 0 Å². The molecule has 0 amide bonds. The fourth-order valence-electron chi connectivity index (χ4n) is 0.106. The van der Waals surface area contributed by atoms with E-state index in [4.69, 9.17) is 9.33 Å². The average molecular weight is 159 g/mol. The first-order valence-corrected chi connectivity index (χ1v) is 4.09. The summed E-state index contributed by atoms with van der Waals surface area (Å²) in [5.41, 5.74) is 0. The van der Waals surface area contributed by atoms with Gasteiger partial charge in [-0.1, -0.05) is 0 Å². The number of nitrogens with two attached hydrogens (primary N) is 1. The monoisotopic (exact) mass is 159 g/mol. The summed E-state index contributed by atoms with van der Waals surface area (Å²) >= 11 is -2.47. The van der Waals surface area contributed by atoms with Crippen LogP contribution in [0.5, 0.6) is 0 Å². The number of rotatable bonds is 2. The molecule has 0 aliphatic heterocycles. The summed E-state index contributed by atoms with van der Waals surface area (Å²) in [7, 11) is -3.52. The van der Waals surface area contributed by atoms with E-state index in [2.05, 4.69) is 5.14 Å². The SMILES string of the molecule is N=S(N)(=O)NS(=O)O. The molecule has 0 saturated heterocycles. The van der Waals surface area contributed by atoms with Crippen LogP contribution in [0.15, 0.2) is 0 Å². The lowest BCUT2D eigenvalue weighted by atomic mass is 13.8. The molecule has 5 N–H and O–H groups in total. The van der Waals surface area contributed by atoms with Gasteiger partial charge >= 0.3 is 0 Å². The summed E-state index contributed by atoms with van der Waals surface area (Å²) < 4.78 is 35.2. The zero-order chi connectivity index (χ0) is 6.78. The van der Waals surface area contributed by atoms with Gasteiger partial charge in [0.15, 0.2) is 10.1 Å². The van der Waals surface area contributed by atoms with Gasteiger partial charge in [0.2, 0.25) is 11.3 Å². The highest BCUT2D eigenvalue weighted by atomic mass is 32.3. The van der Waals surface area contributed by atoms with Crippen molar-refractivity contribution in [3.63, 3.8) is 0 Å². The van der Waals surface area contributed by atoms with Gasteiger partial charge in [0.05, 0.1) is 0 Å². The maximum absolute atomic E-state index is 9.98. The van der Waals surface area contributed by atoms with Gasteiger partial charge in [-0.2, -0.15) is 0 Å². The van der Waals surface area contributed by atoms with Crippen LogP contribution >= 0.6 is 0 Å². The van der Waals surface area contributed by atoms with Gasteiger partial charge < -0.3 is 0 Å². The molecule has 0 spiro atoms. The van der Waals surface area contributed by atoms with Crippen molar-refractivity contribution in [1.82, 2.24) is 4.13 Å². The van der Waals surface area contributed by atoms with Gasteiger partial charge in [0.25, 0.3) is 0 Å². The largest absolute Gasteiger partial charge is 0.293 e. The average Bonchev–Trinajstić information content (AvgIpc) is 1.21. The van der Waals surface area contributed by atoms with Crippen LogP contribution in [0.4, 0.5) is 0 Å². The van der Waals surface area contributed by atoms with E-state index in [9.17, 15) is 8.42 Å². The van der Waals surface area contributed by atoms with Crippen molar-refractivity contribution in [3.8, 4) is 0 Å². The van der Waals surface area contributed by atoms with E-state index in [1.54, 1.807) is 0 Å². The summed E-state index contributed by atoms with van der Waals surface area (Å²) in [5.74, 6) is 0. The van der Waals surface area contributed by atoms with Gasteiger partial charge in [-0.3, -0.25) is 4.55 Å². The second-order valence-corrected chi connectivity index (χ2v) is 3.30. The molecule has 0 aromatic heterocycles. The quantitative estimate of drug-likeness (QED) is 0.369. The molecule has 50 valence electrons. The Morgan fingerprint density at radius 3 is 2.25 bits per heavy atom. The Bertz CT molecular complexity index is 179. The van der Waals surface area contributed by atoms with Crippen molar-refractivity contribution in [3.05, 3.63) is 0 Å². The fraction of sp³-hybridized carbons (Fsp3) is 0. The zero-order valence-electron chi connectivity index (χ0n) is 3.66. The van der Waals surface area contributed by atoms with Crippen LogP contribution in [-0.4, -0.2) is 13.0 Å². The van der Waals surface area contributed by atoms with E-state index < -0.39 is 21.4 Å². The predicted octanol–water partition coefficient (Wildman–Crippen LogP) is -1.45. The standard InChI is InChI=1S/H5N3O3S2/c1-8(2,6)3-7(4)5/h(H,4,5)(H4,1,2,3,6). The maximum Gasteiger partial charge on any atom is 0.245 e. The Balaban J connectivity index is 3.95. The molecule has 2 atom stereocenters. The predicted molar refractivity (Wildman–Crippen MR) is 29.0 cm³/mol. The Morgan fingerprint density at radius 1 is 1.88 bits per heavy atom. The molecule has 0 aromatic carbocycles. The van der Waals surface area contributed by atoms with Gasteiger partial charge in [0.1, 0.15) is 0 Å². The minimum absolute atomic E-state index is 1.38. The molecule has 0 fully saturated rings. The minimum atomic E-state index is -3.52. The third-order valence-electron chi connectivity index (χ3n) is 0.195. The molecule has 2 unspecified atom stereocenters. The molecular weight excluding hydrogens is 154 g/mol. The lowest BCUT2D eigenvalue weighted by Crippen LogP contribution is -2.30. The summed E-state index contributed by atoms with van der Waals surface area (Å²) in [6, 6.07) is 0. The second kappa shape index (κ2) is 2.51. The lowest BCUT2D eigenvalue weighted by Gasteiger charge is -1.94. The normalized spacial score (nSPS) is 21.8. The molecule has 0 aromatic rings. The van der Waals surface area contributed by atoms with Gasteiger partial charge in [-0.15, -0.1) is 4.13 Å². The van der Waals surface area contributed by atoms with Gasteiger partial charge in [-0.25, -0.2) is 18.3 Å². The van der Waals surface area contributed by atoms with Crippen molar-refractivity contribution < 1.29 is 13.0 Å². The van der Waals surface area contributed by atoms with Crippen molar-refractivity contribution in [2.45, 2.75) is 0 Å². The zero-order valence-corrected chi connectivity index (χ0v) is 5.29. The van der Waals surface area contributed by atoms with Crippen LogP contribution < -0.4 is 9.27 Å². The highest BCUT2D eigenvalue weighted by Crippen LogP contribution is 1.69. The Labute approximate surface area is 49.1 Å². The van der Waals surface area contributed by atoms with Crippen molar-refractivity contribution in [1.29, 1.82) is 4.78 Å². The first-order valence-electron chi connectivity index (χ1n) is 1.36. The molecule has 0 heterocycles. The molecule has 0 aliphatic rings. The van der Waals surface area contributed by atoms with E-state index in [1.165, 1.54) is 4.13 Å². The molecule has 0 radical (unpaired) electrons. The highest BCUT2D eigenvalue weighted by Gasteiger charge is 1.97. The molecule has 0 bridgehead atoms. The summed E-state index contributed by atoms with van der Waals surface area (Å²) in [5, 5.41) is 4.47. The summed E-state index contributed by atoms with van der Waals surface area (Å²) in [4.78, 5) is 0. The lowest BCUT2D eigenvalue weighted by molar-refractivity contribution is 0.560. The van der Waals surface area contributed by atoms with E-state index >= 15 is 0 Å². The Morgan fingerprint density at radius 2 is 2.25 bits per heavy atom. The van der Waals surface area contributed by atoms with Crippen LogP contribution in [0.25, 0.3) is 0 Å². The minimum Gasteiger partial charge on any atom is -0.293 e. The Kier molecular flexibility index (Phi) is 2.50. The first-order chi connectivity index (χ1) is 3.42. The maximum atomic E-state index is 9.98. The number of hydrogen-bond donors (Lipinski definition) is 4. The highest BCUT2D eigenvalue weighted by molar-refractivity contribution is 7.99. The molecule has 0 aliphatic carbocycles. The molecular formula is H5N3O3S2. The van der Waals surface area contributed by atoms with Crippen molar-refractivity contribution >= 4 is 21.4 Å². The first kappa shape index (κ1) is 7.98. The van der Waals surface area contributed by atoms with Crippen LogP contribution in [0.2, 0.25) is 0 Å². The topological polar surface area (TPSA) is 116 Å². The van der Waals surface area contributed by atoms with Crippen LogP contribution in [0.3, 0.4) is 0 Å². The van der Waals surface area contributed by atoms with Crippen LogP contribution in [0.1, 0.15) is 0 Å². The van der Waals surface area contributed by atoms with Crippen molar-refractivity contribution in [2.75, 3.05) is 0 Å². The summed E-state index contributed by atoms with van der Waals surface area (Å²) in [6.07, 6.45) is 0. The second-order valence-electron chi connectivity index (χ2n) is 0.933. The van der Waals surface area contributed by atoms with Gasteiger partial charge in [0, 0.05) is 0 Å². The van der Waals surface area contributed by atoms with E-state index in [-0.39, 0.29) is 0 Å². The third-order valence-corrected chi connectivity index (χ3v) is 1.76. The molecule has 8 heavy (non-hydrogen) atoms. The fourth-order valence-corrected chi connectivity index (χ4v) is 0.953. The number of hydrogen-bond acceptors (Lipinski definition) is 3. The Hall–Kier alpha value is -0.0200. The smallest absolute Gasteiger partial charge is 0.245 e. The molecule has 0 rings (SSSR count). The van der Waals surface area contributed by atoms with E-state index in [0.29, 0.717) is 0 Å². The van der Waals surface area contributed by atoms with Gasteiger partial charge in [-0.05, 0) is 0 Å². The van der Waals surface area contributed by atoms with E-state index in [1.807, 2.05) is 0 Å². The molecule has 8 heteroatoms. The molecule has 0 saturated carbocycles. The van der Waals surface area contributed by atoms with Crippen LogP contribution in [-0.2, 0) is 21.4 Å². The summed E-state index contributed by atoms with van der Waals surface area (Å²) in [6.45, 7) is 0. The van der Waals surface area contributed by atoms with Crippen LogP contribution in [0, 0.1) is 4.78 Å². The van der Waals surface area contributed by atoms with Crippen molar-refractivity contribution in [2.24, 2.45) is 5.14 Å².